The molecule has 1 aromatic carbocycles. The predicted molar refractivity (Wildman–Crippen MR) is 62.8 cm³/mol. The summed E-state index contributed by atoms with van der Waals surface area (Å²) in [6, 6.07) is 9.46. The van der Waals surface area contributed by atoms with Crippen molar-refractivity contribution in [3.05, 3.63) is 35.9 Å². The first-order valence-electron chi connectivity index (χ1n) is 5.81. The van der Waals surface area contributed by atoms with Crippen LogP contribution in [0.25, 0.3) is 0 Å². The summed E-state index contributed by atoms with van der Waals surface area (Å²) >= 11 is 0. The third-order valence-electron chi connectivity index (χ3n) is 2.92. The summed E-state index contributed by atoms with van der Waals surface area (Å²) in [5.41, 5.74) is 0.955. The Morgan fingerprint density at radius 2 is 2.17 bits per heavy atom. The first-order chi connectivity index (χ1) is 8.72. The van der Waals surface area contributed by atoms with Gasteiger partial charge in [-0.05, 0) is 5.56 Å². The molecule has 1 aromatic rings. The molecule has 2 N–H and O–H groups in total. The molecule has 0 aromatic heterocycles. The lowest BCUT2D eigenvalue weighted by molar-refractivity contribution is -0.128. The summed E-state index contributed by atoms with van der Waals surface area (Å²) < 4.78 is 10.7. The maximum absolute atomic E-state index is 10.6. The van der Waals surface area contributed by atoms with E-state index in [9.17, 15) is 15.0 Å². The fourth-order valence-electron chi connectivity index (χ4n) is 1.96. The summed E-state index contributed by atoms with van der Waals surface area (Å²) in [7, 11) is 0. The molecule has 0 spiro atoms. The minimum absolute atomic E-state index is 0.0645. The topological polar surface area (TPSA) is 76.0 Å². The number of ether oxygens (including phenoxy) is 2. The maximum Gasteiger partial charge on any atom is 0.151 e. The van der Waals surface area contributed by atoms with Crippen molar-refractivity contribution < 1.29 is 24.5 Å². The number of hydrogen-bond acceptors (Lipinski definition) is 5. The normalized spacial score (nSPS) is 29.1. The first-order valence-corrected chi connectivity index (χ1v) is 5.81. The van der Waals surface area contributed by atoms with Crippen molar-refractivity contribution in [3.8, 4) is 0 Å². The number of carbonyl (C=O) groups excluding carboxylic acids is 1. The number of benzene rings is 1. The van der Waals surface area contributed by atoms with E-state index in [1.165, 1.54) is 0 Å². The average molecular weight is 252 g/mol. The van der Waals surface area contributed by atoms with Gasteiger partial charge in [-0.15, -0.1) is 0 Å². The summed E-state index contributed by atoms with van der Waals surface area (Å²) in [6.07, 6.45) is -3.20. The first kappa shape index (κ1) is 13.2. The highest BCUT2D eigenvalue weighted by atomic mass is 16.6. The van der Waals surface area contributed by atoms with E-state index in [1.54, 1.807) is 0 Å². The van der Waals surface area contributed by atoms with Crippen LogP contribution >= 0.6 is 0 Å². The standard InChI is InChI=1S/C13H16O5/c14-6-10(15)12-13(11(16)8-18-12)17-7-9-4-2-1-3-5-9/h1-6,10-13,15-16H,7-8H2/t10-,11+,12+,13-/m0/s1. The van der Waals surface area contributed by atoms with Crippen LogP contribution in [0.2, 0.25) is 0 Å². The lowest BCUT2D eigenvalue weighted by Crippen LogP contribution is -2.41. The fraction of sp³-hybridized carbons (Fsp3) is 0.462. The Balaban J connectivity index is 1.95. The molecule has 0 radical (unpaired) electrons. The second-order valence-electron chi connectivity index (χ2n) is 4.25. The average Bonchev–Trinajstić information content (AvgIpc) is 2.78. The van der Waals surface area contributed by atoms with Gasteiger partial charge in [0.25, 0.3) is 0 Å². The van der Waals surface area contributed by atoms with Gasteiger partial charge >= 0.3 is 0 Å². The number of aldehydes is 1. The zero-order valence-electron chi connectivity index (χ0n) is 9.81. The van der Waals surface area contributed by atoms with Crippen LogP contribution in [0.5, 0.6) is 0 Å². The molecule has 0 amide bonds. The van der Waals surface area contributed by atoms with E-state index >= 15 is 0 Å². The van der Waals surface area contributed by atoms with Gasteiger partial charge in [0.15, 0.2) is 6.29 Å². The van der Waals surface area contributed by atoms with Crippen molar-refractivity contribution in [1.82, 2.24) is 0 Å². The molecule has 2 rings (SSSR count). The molecule has 1 aliphatic rings. The molecule has 98 valence electrons. The lowest BCUT2D eigenvalue weighted by Gasteiger charge is -2.22. The summed E-state index contributed by atoms with van der Waals surface area (Å²) in [5, 5.41) is 19.2. The van der Waals surface area contributed by atoms with Crippen molar-refractivity contribution in [2.75, 3.05) is 6.61 Å². The number of hydrogen-bond donors (Lipinski definition) is 2. The molecule has 1 heterocycles. The van der Waals surface area contributed by atoms with Gasteiger partial charge in [0.2, 0.25) is 0 Å². The smallest absolute Gasteiger partial charge is 0.151 e. The Bertz CT molecular complexity index is 380. The van der Waals surface area contributed by atoms with Crippen LogP contribution in [-0.2, 0) is 20.9 Å². The second-order valence-corrected chi connectivity index (χ2v) is 4.25. The van der Waals surface area contributed by atoms with Crippen LogP contribution in [0.1, 0.15) is 5.56 Å². The van der Waals surface area contributed by atoms with Crippen molar-refractivity contribution in [1.29, 1.82) is 0 Å². The number of carbonyl (C=O) groups is 1. The quantitative estimate of drug-likeness (QED) is 0.715. The van der Waals surface area contributed by atoms with Gasteiger partial charge < -0.3 is 24.5 Å². The molecule has 0 saturated carbocycles. The predicted octanol–water partition coefficient (Wildman–Crippen LogP) is -0.109. The zero-order valence-corrected chi connectivity index (χ0v) is 9.81. The van der Waals surface area contributed by atoms with Gasteiger partial charge in [-0.25, -0.2) is 0 Å². The minimum Gasteiger partial charge on any atom is -0.388 e. The molecule has 1 saturated heterocycles. The van der Waals surface area contributed by atoms with E-state index in [4.69, 9.17) is 9.47 Å². The molecule has 1 aliphatic heterocycles. The van der Waals surface area contributed by atoms with Crippen molar-refractivity contribution in [3.63, 3.8) is 0 Å². The largest absolute Gasteiger partial charge is 0.388 e. The number of aliphatic hydroxyl groups is 2. The third-order valence-corrected chi connectivity index (χ3v) is 2.92. The van der Waals surface area contributed by atoms with Crippen molar-refractivity contribution >= 4 is 6.29 Å². The molecule has 1 fully saturated rings. The van der Waals surface area contributed by atoms with E-state index in [0.29, 0.717) is 12.9 Å². The Morgan fingerprint density at radius 1 is 1.44 bits per heavy atom. The van der Waals surface area contributed by atoms with Crippen LogP contribution in [0, 0.1) is 0 Å². The van der Waals surface area contributed by atoms with E-state index in [-0.39, 0.29) is 6.61 Å². The monoisotopic (exact) mass is 252 g/mol. The molecule has 18 heavy (non-hydrogen) atoms. The van der Waals surface area contributed by atoms with E-state index in [0.717, 1.165) is 5.56 Å². The summed E-state index contributed by atoms with van der Waals surface area (Å²) in [5.74, 6) is 0. The van der Waals surface area contributed by atoms with Crippen molar-refractivity contribution in [2.45, 2.75) is 31.0 Å². The van der Waals surface area contributed by atoms with Gasteiger partial charge in [-0.2, -0.15) is 0 Å². The molecule has 4 atom stereocenters. The van der Waals surface area contributed by atoms with Crippen LogP contribution in [0.4, 0.5) is 0 Å². The molecule has 5 heteroatoms. The van der Waals surface area contributed by atoms with Gasteiger partial charge in [0, 0.05) is 0 Å². The highest BCUT2D eigenvalue weighted by molar-refractivity contribution is 5.57. The number of rotatable bonds is 5. The van der Waals surface area contributed by atoms with E-state index in [1.807, 2.05) is 30.3 Å². The highest BCUT2D eigenvalue weighted by Gasteiger charge is 2.41. The lowest BCUT2D eigenvalue weighted by atomic mass is 10.1. The Labute approximate surface area is 105 Å². The van der Waals surface area contributed by atoms with Crippen LogP contribution in [-0.4, -0.2) is 47.5 Å². The molecule has 0 bridgehead atoms. The molecular formula is C13H16O5. The van der Waals surface area contributed by atoms with Crippen LogP contribution in [0.15, 0.2) is 30.3 Å². The molecule has 0 aliphatic carbocycles. The van der Waals surface area contributed by atoms with Crippen LogP contribution in [0.3, 0.4) is 0 Å². The highest BCUT2D eigenvalue weighted by Crippen LogP contribution is 2.21. The van der Waals surface area contributed by atoms with Gasteiger partial charge in [0.1, 0.15) is 24.4 Å². The molecule has 0 unspecified atom stereocenters. The van der Waals surface area contributed by atoms with E-state index < -0.39 is 24.4 Å². The summed E-state index contributed by atoms with van der Waals surface area (Å²) in [4.78, 5) is 10.6. The zero-order chi connectivity index (χ0) is 13.0. The van der Waals surface area contributed by atoms with E-state index in [2.05, 4.69) is 0 Å². The number of aliphatic hydroxyl groups excluding tert-OH is 2. The summed E-state index contributed by atoms with van der Waals surface area (Å²) in [6.45, 7) is 0.364. The third kappa shape index (κ3) is 2.94. The van der Waals surface area contributed by atoms with Gasteiger partial charge in [0.05, 0.1) is 13.2 Å². The van der Waals surface area contributed by atoms with Crippen LogP contribution < -0.4 is 0 Å². The SMILES string of the molecule is O=C[C@H](O)[C@H]1OC[C@@H](O)[C@@H]1OCc1ccccc1. The molecular weight excluding hydrogens is 236 g/mol. The Morgan fingerprint density at radius 3 is 2.83 bits per heavy atom. The van der Waals surface area contributed by atoms with Gasteiger partial charge in [-0.3, -0.25) is 0 Å². The Hall–Kier alpha value is -1.27. The fourth-order valence-corrected chi connectivity index (χ4v) is 1.96. The Kier molecular flexibility index (Phi) is 4.43. The maximum atomic E-state index is 10.6. The second kappa shape index (κ2) is 6.06. The van der Waals surface area contributed by atoms with Crippen molar-refractivity contribution in [2.24, 2.45) is 0 Å². The molecule has 5 nitrogen and oxygen atoms in total. The van der Waals surface area contributed by atoms with Gasteiger partial charge in [-0.1, -0.05) is 30.3 Å². The minimum atomic E-state index is -1.28.